The number of hydrogen-bond acceptors (Lipinski definition) is 1. The van der Waals surface area contributed by atoms with Gasteiger partial charge in [0.05, 0.1) is 5.38 Å². The van der Waals surface area contributed by atoms with Crippen LogP contribution in [0.4, 0.5) is 0 Å². The van der Waals surface area contributed by atoms with Crippen LogP contribution in [0, 0.1) is 6.92 Å². The lowest BCUT2D eigenvalue weighted by molar-refractivity contribution is 0.604. The van der Waals surface area contributed by atoms with Crippen molar-refractivity contribution in [3.63, 3.8) is 0 Å². The molecule has 2 aromatic rings. The van der Waals surface area contributed by atoms with E-state index in [2.05, 4.69) is 39.0 Å². The predicted molar refractivity (Wildman–Crippen MR) is 86.9 cm³/mol. The largest absolute Gasteiger partial charge is 0.143 e. The van der Waals surface area contributed by atoms with Gasteiger partial charge in [-0.15, -0.1) is 22.9 Å². The maximum Gasteiger partial charge on any atom is 0.0927 e. The summed E-state index contributed by atoms with van der Waals surface area (Å²) in [4.78, 5) is 2.55. The summed E-state index contributed by atoms with van der Waals surface area (Å²) < 4.78 is 0. The Kier molecular flexibility index (Phi) is 4.29. The third-order valence-electron chi connectivity index (χ3n) is 3.09. The van der Waals surface area contributed by atoms with Crippen LogP contribution in [0.5, 0.6) is 0 Å². The summed E-state index contributed by atoms with van der Waals surface area (Å²) in [6, 6.07) is 10.3. The second kappa shape index (κ2) is 5.47. The molecule has 2 rings (SSSR count). The van der Waals surface area contributed by atoms with Gasteiger partial charge in [0, 0.05) is 14.8 Å². The first-order valence-electron chi connectivity index (χ1n) is 6.29. The molecule has 0 saturated carbocycles. The Hall–Kier alpha value is -0.500. The van der Waals surface area contributed by atoms with E-state index in [4.69, 9.17) is 23.2 Å². The van der Waals surface area contributed by atoms with E-state index < -0.39 is 0 Å². The van der Waals surface area contributed by atoms with E-state index in [0.717, 1.165) is 16.1 Å². The molecule has 1 atom stereocenters. The Morgan fingerprint density at radius 1 is 1.11 bits per heavy atom. The fourth-order valence-corrected chi connectivity index (χ4v) is 3.41. The minimum absolute atomic E-state index is 0.0999. The monoisotopic (exact) mass is 312 g/mol. The van der Waals surface area contributed by atoms with Crippen LogP contribution in [-0.4, -0.2) is 0 Å². The molecule has 0 spiro atoms. The zero-order chi connectivity index (χ0) is 14.2. The van der Waals surface area contributed by atoms with Crippen LogP contribution in [-0.2, 0) is 5.41 Å². The molecule has 0 saturated heterocycles. The van der Waals surface area contributed by atoms with E-state index in [9.17, 15) is 0 Å². The smallest absolute Gasteiger partial charge is 0.0927 e. The number of thiophene rings is 1. The summed E-state index contributed by atoms with van der Waals surface area (Å²) in [6.07, 6.45) is 0. The molecular weight excluding hydrogens is 295 g/mol. The molecule has 0 aliphatic heterocycles. The zero-order valence-corrected chi connectivity index (χ0v) is 14.0. The minimum Gasteiger partial charge on any atom is -0.143 e. The van der Waals surface area contributed by atoms with Crippen molar-refractivity contribution >= 4 is 34.5 Å². The molecule has 0 aliphatic carbocycles. The Labute approximate surface area is 129 Å². The average molecular weight is 313 g/mol. The number of benzene rings is 1. The van der Waals surface area contributed by atoms with Crippen LogP contribution in [0.3, 0.4) is 0 Å². The van der Waals surface area contributed by atoms with Gasteiger partial charge in [-0.2, -0.15) is 0 Å². The average Bonchev–Trinajstić information content (AvgIpc) is 2.81. The van der Waals surface area contributed by atoms with Crippen LogP contribution in [0.1, 0.15) is 47.0 Å². The summed E-state index contributed by atoms with van der Waals surface area (Å²) in [6.45, 7) is 8.67. The van der Waals surface area contributed by atoms with Gasteiger partial charge in [0.2, 0.25) is 0 Å². The summed E-state index contributed by atoms with van der Waals surface area (Å²) in [5, 5.41) is 0.686. The highest BCUT2D eigenvalue weighted by atomic mass is 35.5. The third kappa shape index (κ3) is 3.34. The van der Waals surface area contributed by atoms with E-state index in [1.807, 2.05) is 19.1 Å². The second-order valence-electron chi connectivity index (χ2n) is 5.82. The van der Waals surface area contributed by atoms with Crippen molar-refractivity contribution in [1.82, 2.24) is 0 Å². The maximum absolute atomic E-state index is 6.59. The van der Waals surface area contributed by atoms with Gasteiger partial charge in [-0.3, -0.25) is 0 Å². The van der Waals surface area contributed by atoms with Gasteiger partial charge in [-0.1, -0.05) is 44.5 Å². The van der Waals surface area contributed by atoms with E-state index in [1.165, 1.54) is 9.75 Å². The SMILES string of the molecule is Cc1cc(C(Cl)c2ccc(C(C)(C)C)s2)ccc1Cl. The number of aryl methyl sites for hydroxylation is 1. The molecule has 0 bridgehead atoms. The van der Waals surface area contributed by atoms with Crippen molar-refractivity contribution in [2.75, 3.05) is 0 Å². The predicted octanol–water partition coefficient (Wildman–Crippen LogP) is 6.34. The first kappa shape index (κ1) is 14.9. The lowest BCUT2D eigenvalue weighted by Crippen LogP contribution is -2.07. The molecule has 0 nitrogen and oxygen atoms in total. The summed E-state index contributed by atoms with van der Waals surface area (Å²) in [5.74, 6) is 0. The molecule has 0 radical (unpaired) electrons. The van der Waals surface area contributed by atoms with Crippen LogP contribution >= 0.6 is 34.5 Å². The molecule has 19 heavy (non-hydrogen) atoms. The lowest BCUT2D eigenvalue weighted by atomic mass is 9.95. The van der Waals surface area contributed by atoms with Gasteiger partial charge >= 0.3 is 0 Å². The Bertz CT molecular complexity index is 579. The molecule has 1 unspecified atom stereocenters. The Morgan fingerprint density at radius 2 is 1.79 bits per heavy atom. The van der Waals surface area contributed by atoms with Crippen molar-refractivity contribution < 1.29 is 0 Å². The quantitative estimate of drug-likeness (QED) is 0.568. The van der Waals surface area contributed by atoms with Crippen LogP contribution in [0.25, 0.3) is 0 Å². The molecule has 0 amide bonds. The van der Waals surface area contributed by atoms with Crippen molar-refractivity contribution in [2.24, 2.45) is 0 Å². The third-order valence-corrected chi connectivity index (χ3v) is 5.71. The highest BCUT2D eigenvalue weighted by Crippen LogP contribution is 2.38. The lowest BCUT2D eigenvalue weighted by Gasteiger charge is -2.15. The number of halogens is 2. The maximum atomic E-state index is 6.59. The molecule has 1 aromatic heterocycles. The van der Waals surface area contributed by atoms with Crippen LogP contribution in [0.2, 0.25) is 5.02 Å². The molecule has 102 valence electrons. The van der Waals surface area contributed by atoms with Gasteiger partial charge < -0.3 is 0 Å². The fourth-order valence-electron chi connectivity index (χ4n) is 1.88. The van der Waals surface area contributed by atoms with Crippen molar-refractivity contribution in [2.45, 2.75) is 38.5 Å². The van der Waals surface area contributed by atoms with Crippen molar-refractivity contribution in [1.29, 1.82) is 0 Å². The molecule has 0 N–H and O–H groups in total. The normalized spacial score (nSPS) is 13.6. The summed E-state index contributed by atoms with van der Waals surface area (Å²) in [5.41, 5.74) is 2.35. The highest BCUT2D eigenvalue weighted by Gasteiger charge is 2.20. The van der Waals surface area contributed by atoms with Crippen molar-refractivity contribution in [3.8, 4) is 0 Å². The second-order valence-corrected chi connectivity index (χ2v) is 7.78. The minimum atomic E-state index is -0.0999. The Balaban J connectivity index is 2.31. The first-order chi connectivity index (χ1) is 8.79. The standard InChI is InChI=1S/C16H18Cl2S/c1-10-9-11(5-6-12(10)17)15(18)13-7-8-14(19-13)16(2,3)4/h5-9,15H,1-4H3. The van der Waals surface area contributed by atoms with Gasteiger partial charge in [-0.05, 0) is 41.7 Å². The van der Waals surface area contributed by atoms with Crippen LogP contribution < -0.4 is 0 Å². The molecule has 1 heterocycles. The summed E-state index contributed by atoms with van der Waals surface area (Å²) >= 11 is 14.4. The number of hydrogen-bond donors (Lipinski definition) is 0. The summed E-state index contributed by atoms with van der Waals surface area (Å²) in [7, 11) is 0. The first-order valence-corrected chi connectivity index (χ1v) is 7.92. The van der Waals surface area contributed by atoms with Gasteiger partial charge in [0.25, 0.3) is 0 Å². The van der Waals surface area contributed by atoms with E-state index in [0.29, 0.717) is 0 Å². The zero-order valence-electron chi connectivity index (χ0n) is 11.6. The van der Waals surface area contributed by atoms with Crippen LogP contribution in [0.15, 0.2) is 30.3 Å². The molecule has 0 aliphatic rings. The highest BCUT2D eigenvalue weighted by molar-refractivity contribution is 7.12. The van der Waals surface area contributed by atoms with Gasteiger partial charge in [0.15, 0.2) is 0 Å². The topological polar surface area (TPSA) is 0 Å². The Morgan fingerprint density at radius 3 is 2.32 bits per heavy atom. The van der Waals surface area contributed by atoms with E-state index >= 15 is 0 Å². The molecular formula is C16H18Cl2S. The molecule has 0 fully saturated rings. The van der Waals surface area contributed by atoms with E-state index in [-0.39, 0.29) is 10.8 Å². The van der Waals surface area contributed by atoms with Crippen molar-refractivity contribution in [3.05, 3.63) is 56.2 Å². The molecule has 1 aromatic carbocycles. The fraction of sp³-hybridized carbons (Fsp3) is 0.375. The number of rotatable bonds is 2. The van der Waals surface area contributed by atoms with E-state index in [1.54, 1.807) is 11.3 Å². The number of alkyl halides is 1. The molecule has 3 heteroatoms. The van der Waals surface area contributed by atoms with Gasteiger partial charge in [0.1, 0.15) is 0 Å². The van der Waals surface area contributed by atoms with Gasteiger partial charge in [-0.25, -0.2) is 0 Å².